The molecule has 1 atom stereocenters. The third kappa shape index (κ3) is 3.22. The average Bonchev–Trinajstić information content (AvgIpc) is 2.48. The lowest BCUT2D eigenvalue weighted by Crippen LogP contribution is -2.49. The monoisotopic (exact) mass is 270 g/mol. The van der Waals surface area contributed by atoms with Crippen molar-refractivity contribution in [3.05, 3.63) is 0 Å². The van der Waals surface area contributed by atoms with Crippen LogP contribution >= 0.6 is 12.2 Å². The highest BCUT2D eigenvalue weighted by Crippen LogP contribution is 2.32. The Morgan fingerprint density at radius 2 is 2.00 bits per heavy atom. The fourth-order valence-corrected chi connectivity index (χ4v) is 2.64. The summed E-state index contributed by atoms with van der Waals surface area (Å²) in [6, 6.07) is 0. The first-order chi connectivity index (χ1) is 8.23. The molecule has 1 unspecified atom stereocenters. The number of carbonyl (C=O) groups is 1. The quantitative estimate of drug-likeness (QED) is 0.802. The Kier molecular flexibility index (Phi) is 4.76. The molecular weight excluding hydrogens is 244 g/mol. The Hall–Kier alpha value is -0.640. The van der Waals surface area contributed by atoms with Crippen LogP contribution in [0, 0.1) is 10.8 Å². The van der Waals surface area contributed by atoms with E-state index < -0.39 is 5.41 Å². The molecule has 0 aromatic rings. The van der Waals surface area contributed by atoms with Crippen molar-refractivity contribution >= 4 is 23.1 Å². The highest BCUT2D eigenvalue weighted by molar-refractivity contribution is 7.80. The van der Waals surface area contributed by atoms with Gasteiger partial charge in [-0.05, 0) is 38.0 Å². The average molecular weight is 270 g/mol. The van der Waals surface area contributed by atoms with Gasteiger partial charge in [0, 0.05) is 13.1 Å². The Balaban J connectivity index is 2.81. The smallest absolute Gasteiger partial charge is 0.235 e. The minimum atomic E-state index is -0.677. The number of hydrogen-bond acceptors (Lipinski definition) is 2. The zero-order chi connectivity index (χ0) is 14.0. The molecule has 3 nitrogen and oxygen atoms in total. The first-order valence-electron chi connectivity index (χ1n) is 6.82. The second-order valence-electron chi connectivity index (χ2n) is 6.36. The lowest BCUT2D eigenvalue weighted by atomic mass is 9.85. The van der Waals surface area contributed by atoms with E-state index in [1.807, 2.05) is 18.7 Å². The Morgan fingerprint density at radius 1 is 1.39 bits per heavy atom. The van der Waals surface area contributed by atoms with Crippen molar-refractivity contribution < 1.29 is 4.79 Å². The van der Waals surface area contributed by atoms with Crippen molar-refractivity contribution in [3.63, 3.8) is 0 Å². The molecule has 1 aliphatic rings. The second-order valence-corrected chi connectivity index (χ2v) is 6.80. The molecule has 1 rings (SSSR count). The number of hydrogen-bond donors (Lipinski definition) is 1. The van der Waals surface area contributed by atoms with Crippen LogP contribution in [-0.2, 0) is 4.79 Å². The maximum atomic E-state index is 12.6. The van der Waals surface area contributed by atoms with Crippen LogP contribution in [0.3, 0.4) is 0 Å². The summed E-state index contributed by atoms with van der Waals surface area (Å²) in [6.45, 7) is 10.0. The largest absolute Gasteiger partial charge is 0.392 e. The van der Waals surface area contributed by atoms with Gasteiger partial charge in [-0.1, -0.05) is 33.0 Å². The lowest BCUT2D eigenvalue weighted by Gasteiger charge is -2.33. The molecule has 18 heavy (non-hydrogen) atoms. The van der Waals surface area contributed by atoms with Gasteiger partial charge in [0.2, 0.25) is 5.91 Å². The number of nitrogens with zero attached hydrogens (tertiary/aromatic N) is 1. The highest BCUT2D eigenvalue weighted by Gasteiger charge is 2.39. The maximum absolute atomic E-state index is 12.6. The van der Waals surface area contributed by atoms with E-state index in [-0.39, 0.29) is 5.91 Å². The zero-order valence-corrected chi connectivity index (χ0v) is 12.9. The first kappa shape index (κ1) is 15.4. The summed E-state index contributed by atoms with van der Waals surface area (Å²) >= 11 is 5.08. The van der Waals surface area contributed by atoms with E-state index in [2.05, 4.69) is 13.8 Å². The predicted molar refractivity (Wildman–Crippen MR) is 79.4 cm³/mol. The Labute approximate surface area is 116 Å². The molecule has 1 amide bonds. The van der Waals surface area contributed by atoms with E-state index in [0.29, 0.717) is 16.8 Å². The van der Waals surface area contributed by atoms with E-state index in [1.54, 1.807) is 0 Å². The third-order valence-corrected chi connectivity index (χ3v) is 4.80. The van der Waals surface area contributed by atoms with Crippen LogP contribution in [0.1, 0.15) is 53.4 Å². The summed E-state index contributed by atoms with van der Waals surface area (Å²) in [4.78, 5) is 14.9. The predicted octanol–water partition coefficient (Wildman–Crippen LogP) is 2.73. The third-order valence-electron chi connectivity index (χ3n) is 4.35. The molecule has 0 spiro atoms. The molecule has 0 aromatic heterocycles. The fourth-order valence-electron chi connectivity index (χ4n) is 2.41. The molecule has 2 N–H and O–H groups in total. The van der Waals surface area contributed by atoms with Crippen LogP contribution in [0.4, 0.5) is 0 Å². The molecule has 1 fully saturated rings. The standard InChI is InChI=1S/C14H26N2OS/c1-5-14(4,11(15)18)12(17)16-9-6-7-13(2,3)8-10-16/h5-10H2,1-4H3,(H2,15,18). The van der Waals surface area contributed by atoms with Gasteiger partial charge < -0.3 is 10.6 Å². The molecular formula is C14H26N2OS. The van der Waals surface area contributed by atoms with Crippen LogP contribution in [-0.4, -0.2) is 28.9 Å². The Bertz CT molecular complexity index is 341. The van der Waals surface area contributed by atoms with Gasteiger partial charge in [0.1, 0.15) is 0 Å². The van der Waals surface area contributed by atoms with Crippen molar-refractivity contribution in [2.75, 3.05) is 13.1 Å². The van der Waals surface area contributed by atoms with Gasteiger partial charge in [0.25, 0.3) is 0 Å². The molecule has 0 radical (unpaired) electrons. The lowest BCUT2D eigenvalue weighted by molar-refractivity contribution is -0.137. The van der Waals surface area contributed by atoms with E-state index in [1.165, 1.54) is 6.42 Å². The summed E-state index contributed by atoms with van der Waals surface area (Å²) in [6.07, 6.45) is 3.96. The number of rotatable bonds is 3. The molecule has 1 heterocycles. The van der Waals surface area contributed by atoms with Gasteiger partial charge in [0.05, 0.1) is 10.4 Å². The molecule has 0 aliphatic carbocycles. The zero-order valence-electron chi connectivity index (χ0n) is 12.1. The van der Waals surface area contributed by atoms with E-state index >= 15 is 0 Å². The van der Waals surface area contributed by atoms with Crippen LogP contribution in [0.15, 0.2) is 0 Å². The summed E-state index contributed by atoms with van der Waals surface area (Å²) < 4.78 is 0. The number of thiocarbonyl (C=S) groups is 1. The van der Waals surface area contributed by atoms with Crippen molar-refractivity contribution in [3.8, 4) is 0 Å². The molecule has 4 heteroatoms. The van der Waals surface area contributed by atoms with Gasteiger partial charge in [-0.3, -0.25) is 4.79 Å². The van der Waals surface area contributed by atoms with Gasteiger partial charge in [-0.15, -0.1) is 0 Å². The van der Waals surface area contributed by atoms with Crippen LogP contribution in [0.2, 0.25) is 0 Å². The molecule has 1 saturated heterocycles. The van der Waals surface area contributed by atoms with E-state index in [9.17, 15) is 4.79 Å². The molecule has 0 saturated carbocycles. The summed E-state index contributed by atoms with van der Waals surface area (Å²) in [7, 11) is 0. The van der Waals surface area contributed by atoms with E-state index in [4.69, 9.17) is 18.0 Å². The van der Waals surface area contributed by atoms with Gasteiger partial charge in [0.15, 0.2) is 0 Å². The number of likely N-dealkylation sites (tertiary alicyclic amines) is 1. The maximum Gasteiger partial charge on any atom is 0.235 e. The van der Waals surface area contributed by atoms with Crippen molar-refractivity contribution in [2.24, 2.45) is 16.6 Å². The molecule has 104 valence electrons. The van der Waals surface area contributed by atoms with Crippen LogP contribution in [0.5, 0.6) is 0 Å². The van der Waals surface area contributed by atoms with Gasteiger partial charge >= 0.3 is 0 Å². The van der Waals surface area contributed by atoms with Crippen molar-refractivity contribution in [1.29, 1.82) is 0 Å². The summed E-state index contributed by atoms with van der Waals surface area (Å²) in [5, 5.41) is 0. The van der Waals surface area contributed by atoms with Gasteiger partial charge in [-0.25, -0.2) is 0 Å². The van der Waals surface area contributed by atoms with E-state index in [0.717, 1.165) is 25.9 Å². The van der Waals surface area contributed by atoms with Crippen molar-refractivity contribution in [2.45, 2.75) is 53.4 Å². The molecule has 0 aromatic carbocycles. The minimum absolute atomic E-state index is 0.107. The first-order valence-corrected chi connectivity index (χ1v) is 7.23. The normalized spacial score (nSPS) is 23.0. The molecule has 0 bridgehead atoms. The second kappa shape index (κ2) is 5.55. The number of amides is 1. The number of nitrogens with two attached hydrogens (primary N) is 1. The summed E-state index contributed by atoms with van der Waals surface area (Å²) in [5.74, 6) is 0.107. The minimum Gasteiger partial charge on any atom is -0.392 e. The topological polar surface area (TPSA) is 46.3 Å². The van der Waals surface area contributed by atoms with Crippen molar-refractivity contribution in [1.82, 2.24) is 4.90 Å². The van der Waals surface area contributed by atoms with Crippen LogP contribution < -0.4 is 5.73 Å². The van der Waals surface area contributed by atoms with Gasteiger partial charge in [-0.2, -0.15) is 0 Å². The molecule has 1 aliphatic heterocycles. The van der Waals surface area contributed by atoms with Crippen LogP contribution in [0.25, 0.3) is 0 Å². The SMILES string of the molecule is CCC(C)(C(=O)N1CCCC(C)(C)CC1)C(N)=S. The Morgan fingerprint density at radius 3 is 2.50 bits per heavy atom. The fraction of sp³-hybridized carbons (Fsp3) is 0.857. The highest BCUT2D eigenvalue weighted by atomic mass is 32.1. The number of carbonyl (C=O) groups excluding carboxylic acids is 1. The summed E-state index contributed by atoms with van der Waals surface area (Å²) in [5.41, 5.74) is 5.42.